The van der Waals surface area contributed by atoms with E-state index >= 15 is 0 Å². The fraction of sp³-hybridized carbons (Fsp3) is 0.250. The Balaban J connectivity index is 1.48. The summed E-state index contributed by atoms with van der Waals surface area (Å²) in [7, 11) is 1.80. The van der Waals surface area contributed by atoms with E-state index in [0.29, 0.717) is 28.9 Å². The maximum absolute atomic E-state index is 12.8. The van der Waals surface area contributed by atoms with Gasteiger partial charge in [-0.1, -0.05) is 42.5 Å². The van der Waals surface area contributed by atoms with Gasteiger partial charge in [0.05, 0.1) is 6.54 Å². The number of nitrogens with zero attached hydrogens (tertiary/aromatic N) is 5. The zero-order chi connectivity index (χ0) is 20.4. The molecule has 1 N–H and O–H groups in total. The minimum absolute atomic E-state index is 0.101. The lowest BCUT2D eigenvalue weighted by atomic mass is 10.2. The van der Waals surface area contributed by atoms with Gasteiger partial charge < -0.3 is 15.0 Å². The fourth-order valence-corrected chi connectivity index (χ4v) is 3.29. The van der Waals surface area contributed by atoms with Gasteiger partial charge in [0.25, 0.3) is 5.91 Å². The van der Waals surface area contributed by atoms with Crippen molar-refractivity contribution in [1.82, 2.24) is 25.1 Å². The molecule has 0 spiro atoms. The molecule has 0 radical (unpaired) electrons. The van der Waals surface area contributed by atoms with Crippen molar-refractivity contribution in [3.63, 3.8) is 0 Å². The molecule has 2 aromatic heterocycles. The summed E-state index contributed by atoms with van der Waals surface area (Å²) in [5.41, 5.74) is 1.08. The molecule has 0 bridgehead atoms. The first-order valence-electron chi connectivity index (χ1n) is 9.14. The quantitative estimate of drug-likeness (QED) is 0.661. The molecule has 1 atom stereocenters. The van der Waals surface area contributed by atoms with E-state index in [-0.39, 0.29) is 12.4 Å². The third-order valence-electron chi connectivity index (χ3n) is 4.64. The molecule has 0 saturated carbocycles. The molecule has 3 aromatic rings. The number of hydrogen-bond acceptors (Lipinski definition) is 6. The van der Waals surface area contributed by atoms with E-state index in [2.05, 4.69) is 20.4 Å². The summed E-state index contributed by atoms with van der Waals surface area (Å²) in [5, 5.41) is 7.24. The van der Waals surface area contributed by atoms with Crippen LogP contribution >= 0.6 is 12.2 Å². The highest BCUT2D eigenvalue weighted by Gasteiger charge is 2.29. The van der Waals surface area contributed by atoms with Gasteiger partial charge >= 0.3 is 0 Å². The number of amides is 1. The van der Waals surface area contributed by atoms with Crippen LogP contribution in [0.3, 0.4) is 0 Å². The minimum atomic E-state index is -0.502. The van der Waals surface area contributed by atoms with Crippen LogP contribution in [0.25, 0.3) is 0 Å². The van der Waals surface area contributed by atoms with Crippen LogP contribution < -0.4 is 15.0 Å². The Hall–Kier alpha value is -3.33. The number of ether oxygens (including phenoxy) is 1. The van der Waals surface area contributed by atoms with E-state index in [0.717, 1.165) is 5.56 Å². The summed E-state index contributed by atoms with van der Waals surface area (Å²) >= 11 is 5.54. The predicted octanol–water partition coefficient (Wildman–Crippen LogP) is 1.98. The van der Waals surface area contributed by atoms with Gasteiger partial charge in [-0.2, -0.15) is 0 Å². The largest absolute Gasteiger partial charge is 0.487 e. The summed E-state index contributed by atoms with van der Waals surface area (Å²) in [4.78, 5) is 23.6. The highest BCUT2D eigenvalue weighted by atomic mass is 32.1. The van der Waals surface area contributed by atoms with Crippen molar-refractivity contribution in [3.8, 4) is 5.75 Å². The normalized spacial score (nSPS) is 16.0. The number of rotatable bonds is 4. The van der Waals surface area contributed by atoms with Gasteiger partial charge in [0.15, 0.2) is 11.6 Å². The second-order valence-electron chi connectivity index (χ2n) is 6.69. The molecule has 4 rings (SSSR count). The SMILES string of the molecule is Cc1nc(C(=O)NC2COc3cccnc3N(C)C2=S)nn1Cc1ccccc1. The Morgan fingerprint density at radius 2 is 2.07 bits per heavy atom. The fourth-order valence-electron chi connectivity index (χ4n) is 3.08. The maximum Gasteiger partial charge on any atom is 0.291 e. The van der Waals surface area contributed by atoms with E-state index in [1.165, 1.54) is 0 Å². The van der Waals surface area contributed by atoms with Gasteiger partial charge in [0.2, 0.25) is 5.82 Å². The molecule has 148 valence electrons. The van der Waals surface area contributed by atoms with Crippen molar-refractivity contribution in [1.29, 1.82) is 0 Å². The first-order chi connectivity index (χ1) is 14.0. The van der Waals surface area contributed by atoms with Gasteiger partial charge in [-0.05, 0) is 24.6 Å². The van der Waals surface area contributed by atoms with Crippen LogP contribution in [0.4, 0.5) is 5.82 Å². The van der Waals surface area contributed by atoms with Crippen molar-refractivity contribution in [2.75, 3.05) is 18.6 Å². The van der Waals surface area contributed by atoms with E-state index < -0.39 is 11.9 Å². The number of carbonyl (C=O) groups excluding carboxylic acids is 1. The van der Waals surface area contributed by atoms with Gasteiger partial charge in [-0.25, -0.2) is 14.6 Å². The van der Waals surface area contributed by atoms with Crippen LogP contribution in [0.2, 0.25) is 0 Å². The van der Waals surface area contributed by atoms with E-state index in [1.54, 1.807) is 28.9 Å². The average molecular weight is 408 g/mol. The number of thiocarbonyl (C=S) groups is 1. The van der Waals surface area contributed by atoms with Crippen molar-refractivity contribution < 1.29 is 9.53 Å². The van der Waals surface area contributed by atoms with Crippen molar-refractivity contribution >= 4 is 28.9 Å². The smallest absolute Gasteiger partial charge is 0.291 e. The molecule has 1 amide bonds. The minimum Gasteiger partial charge on any atom is -0.487 e. The number of nitrogens with one attached hydrogen (secondary N) is 1. The Labute approximate surface area is 173 Å². The molecule has 1 aliphatic heterocycles. The molecule has 1 aliphatic rings. The summed E-state index contributed by atoms with van der Waals surface area (Å²) in [5.74, 6) is 1.60. The highest BCUT2D eigenvalue weighted by molar-refractivity contribution is 7.80. The highest BCUT2D eigenvalue weighted by Crippen LogP contribution is 2.27. The molecule has 0 aliphatic carbocycles. The number of likely N-dealkylation sites (N-methyl/N-ethyl adjacent to an activating group) is 1. The molecule has 0 saturated heterocycles. The summed E-state index contributed by atoms with van der Waals surface area (Å²) < 4.78 is 7.50. The Kier molecular flexibility index (Phi) is 5.22. The Bertz CT molecular complexity index is 1050. The standard InChI is InChI=1S/C20H20N6O2S/c1-13-22-17(24-26(13)11-14-7-4-3-5-8-14)19(27)23-15-12-28-16-9-6-10-21-18(16)25(2)20(15)29/h3-10,15H,11-12H2,1-2H3,(H,23,27). The molecule has 1 aromatic carbocycles. The molecule has 1 unspecified atom stereocenters. The Morgan fingerprint density at radius 3 is 2.86 bits per heavy atom. The summed E-state index contributed by atoms with van der Waals surface area (Å²) in [6, 6.07) is 13.0. The lowest BCUT2D eigenvalue weighted by Gasteiger charge is -2.22. The molecule has 29 heavy (non-hydrogen) atoms. The van der Waals surface area contributed by atoms with Crippen LogP contribution in [0.5, 0.6) is 5.75 Å². The summed E-state index contributed by atoms with van der Waals surface area (Å²) in [6.45, 7) is 2.57. The second-order valence-corrected chi connectivity index (χ2v) is 7.10. The molecular formula is C20H20N6O2S. The zero-order valence-electron chi connectivity index (χ0n) is 16.1. The van der Waals surface area contributed by atoms with Gasteiger partial charge in [0.1, 0.15) is 23.5 Å². The van der Waals surface area contributed by atoms with Crippen LogP contribution in [-0.4, -0.2) is 50.3 Å². The Morgan fingerprint density at radius 1 is 1.28 bits per heavy atom. The average Bonchev–Trinajstić information content (AvgIpc) is 3.06. The molecule has 0 fully saturated rings. The number of aryl methyl sites for hydroxylation is 1. The third-order valence-corrected chi connectivity index (χ3v) is 5.20. The van der Waals surface area contributed by atoms with Crippen LogP contribution in [0.1, 0.15) is 22.0 Å². The molecule has 3 heterocycles. The number of benzene rings is 1. The molecule has 8 nitrogen and oxygen atoms in total. The lowest BCUT2D eigenvalue weighted by Crippen LogP contribution is -2.48. The van der Waals surface area contributed by atoms with Gasteiger partial charge in [0, 0.05) is 13.2 Å². The van der Waals surface area contributed by atoms with Crippen molar-refractivity contribution in [3.05, 3.63) is 65.9 Å². The first-order valence-corrected chi connectivity index (χ1v) is 9.55. The monoisotopic (exact) mass is 408 g/mol. The van der Waals surface area contributed by atoms with Crippen molar-refractivity contribution in [2.24, 2.45) is 0 Å². The lowest BCUT2D eigenvalue weighted by molar-refractivity contribution is 0.0927. The number of pyridine rings is 1. The van der Waals surface area contributed by atoms with Crippen LogP contribution in [-0.2, 0) is 6.54 Å². The number of anilines is 1. The molecular weight excluding hydrogens is 388 g/mol. The van der Waals surface area contributed by atoms with Crippen LogP contribution in [0.15, 0.2) is 48.7 Å². The number of fused-ring (bicyclic) bond motifs is 1. The van der Waals surface area contributed by atoms with Gasteiger partial charge in [-0.15, -0.1) is 5.10 Å². The first kappa shape index (κ1) is 19.0. The van der Waals surface area contributed by atoms with E-state index in [4.69, 9.17) is 17.0 Å². The second kappa shape index (κ2) is 7.96. The number of aromatic nitrogens is 4. The van der Waals surface area contributed by atoms with Gasteiger partial charge in [-0.3, -0.25) is 4.79 Å². The zero-order valence-corrected chi connectivity index (χ0v) is 16.9. The van der Waals surface area contributed by atoms with Crippen LogP contribution in [0, 0.1) is 6.92 Å². The predicted molar refractivity (Wildman–Crippen MR) is 112 cm³/mol. The van der Waals surface area contributed by atoms with E-state index in [9.17, 15) is 4.79 Å². The van der Waals surface area contributed by atoms with E-state index in [1.807, 2.05) is 43.3 Å². The topological polar surface area (TPSA) is 85.2 Å². The number of carbonyl (C=O) groups is 1. The maximum atomic E-state index is 12.8. The summed E-state index contributed by atoms with van der Waals surface area (Å²) in [6.07, 6.45) is 1.67. The number of hydrogen-bond donors (Lipinski definition) is 1. The third kappa shape index (κ3) is 3.95. The van der Waals surface area contributed by atoms with Crippen molar-refractivity contribution in [2.45, 2.75) is 19.5 Å². The molecule has 9 heteroatoms.